The van der Waals surface area contributed by atoms with Gasteiger partial charge in [-0.2, -0.15) is 4.98 Å². The van der Waals surface area contributed by atoms with Crippen LogP contribution < -0.4 is 9.80 Å². The van der Waals surface area contributed by atoms with Crippen molar-refractivity contribution in [3.05, 3.63) is 54.2 Å². The van der Waals surface area contributed by atoms with Gasteiger partial charge < -0.3 is 9.80 Å². The molecule has 1 atom stereocenters. The molecule has 2 saturated heterocycles. The molecule has 2 aliphatic heterocycles. The number of benzene rings is 1. The number of piperazine rings is 1. The number of rotatable bonds is 5. The number of anilines is 2. The van der Waals surface area contributed by atoms with E-state index in [1.807, 2.05) is 6.20 Å². The standard InChI is InChI=1S/C23H31N5/c1-20-7-5-14-28(19-20)22-11-12-24-23(25-22)27-17-15-26(16-18-27)13-6-10-21-8-3-2-4-9-21/h2-4,6,8-12,20H,5,7,13-19H2,1H3/b10-6+. The van der Waals surface area contributed by atoms with Gasteiger partial charge in [-0.05, 0) is 30.4 Å². The molecule has 0 radical (unpaired) electrons. The number of aromatic nitrogens is 2. The predicted octanol–water partition coefficient (Wildman–Crippen LogP) is 3.55. The molecule has 0 saturated carbocycles. The van der Waals surface area contributed by atoms with Gasteiger partial charge in [0.2, 0.25) is 5.95 Å². The van der Waals surface area contributed by atoms with Crippen LogP contribution in [0.15, 0.2) is 48.7 Å². The van der Waals surface area contributed by atoms with Crippen molar-refractivity contribution in [3.63, 3.8) is 0 Å². The quantitative estimate of drug-likeness (QED) is 0.796. The lowest BCUT2D eigenvalue weighted by molar-refractivity contribution is 0.283. The number of hydrogen-bond acceptors (Lipinski definition) is 5. The molecule has 5 nitrogen and oxygen atoms in total. The molecule has 1 aromatic heterocycles. The molecule has 3 heterocycles. The zero-order chi connectivity index (χ0) is 19.2. The van der Waals surface area contributed by atoms with Crippen LogP contribution in [0, 0.1) is 5.92 Å². The highest BCUT2D eigenvalue weighted by Crippen LogP contribution is 2.22. The molecule has 148 valence electrons. The third kappa shape index (κ3) is 4.90. The minimum absolute atomic E-state index is 0.750. The summed E-state index contributed by atoms with van der Waals surface area (Å²) in [7, 11) is 0. The van der Waals surface area contributed by atoms with Crippen molar-refractivity contribution in [1.82, 2.24) is 14.9 Å². The minimum Gasteiger partial charge on any atom is -0.356 e. The van der Waals surface area contributed by atoms with Crippen LogP contribution in [0.2, 0.25) is 0 Å². The van der Waals surface area contributed by atoms with Crippen molar-refractivity contribution < 1.29 is 0 Å². The summed E-state index contributed by atoms with van der Waals surface area (Å²) in [5.74, 6) is 2.72. The molecule has 1 unspecified atom stereocenters. The summed E-state index contributed by atoms with van der Waals surface area (Å²) < 4.78 is 0. The fraction of sp³-hybridized carbons (Fsp3) is 0.478. The maximum Gasteiger partial charge on any atom is 0.227 e. The average Bonchev–Trinajstić information content (AvgIpc) is 2.75. The molecule has 0 amide bonds. The van der Waals surface area contributed by atoms with Crippen LogP contribution in [0.1, 0.15) is 25.3 Å². The van der Waals surface area contributed by atoms with Gasteiger partial charge in [0.25, 0.3) is 0 Å². The Morgan fingerprint density at radius 2 is 1.82 bits per heavy atom. The van der Waals surface area contributed by atoms with Crippen molar-refractivity contribution in [3.8, 4) is 0 Å². The van der Waals surface area contributed by atoms with Crippen molar-refractivity contribution in [1.29, 1.82) is 0 Å². The van der Waals surface area contributed by atoms with E-state index >= 15 is 0 Å². The maximum atomic E-state index is 4.89. The van der Waals surface area contributed by atoms with Crippen LogP contribution in [0.25, 0.3) is 6.08 Å². The summed E-state index contributed by atoms with van der Waals surface area (Å²) in [6, 6.07) is 12.6. The van der Waals surface area contributed by atoms with Gasteiger partial charge in [0.05, 0.1) is 0 Å². The van der Waals surface area contributed by atoms with Gasteiger partial charge in [0.1, 0.15) is 5.82 Å². The Bertz CT molecular complexity index is 768. The van der Waals surface area contributed by atoms with E-state index in [1.165, 1.54) is 18.4 Å². The molecule has 5 heteroatoms. The fourth-order valence-corrected chi connectivity index (χ4v) is 4.10. The smallest absolute Gasteiger partial charge is 0.227 e. The summed E-state index contributed by atoms with van der Waals surface area (Å²) in [5, 5.41) is 0. The first-order chi connectivity index (χ1) is 13.8. The summed E-state index contributed by atoms with van der Waals surface area (Å²) >= 11 is 0. The van der Waals surface area contributed by atoms with Crippen LogP contribution >= 0.6 is 0 Å². The van der Waals surface area contributed by atoms with E-state index in [2.05, 4.69) is 75.2 Å². The van der Waals surface area contributed by atoms with Crippen molar-refractivity contribution in [2.24, 2.45) is 5.92 Å². The van der Waals surface area contributed by atoms with Crippen LogP contribution in [0.3, 0.4) is 0 Å². The molecule has 0 aliphatic carbocycles. The van der Waals surface area contributed by atoms with E-state index in [4.69, 9.17) is 4.98 Å². The Labute approximate surface area is 168 Å². The van der Waals surface area contributed by atoms with E-state index in [-0.39, 0.29) is 0 Å². The molecule has 1 aromatic carbocycles. The molecule has 2 aliphatic rings. The Morgan fingerprint density at radius 1 is 1.00 bits per heavy atom. The number of nitrogens with zero attached hydrogens (tertiary/aromatic N) is 5. The minimum atomic E-state index is 0.750. The molecule has 0 bridgehead atoms. The highest BCUT2D eigenvalue weighted by atomic mass is 15.3. The van der Waals surface area contributed by atoms with Gasteiger partial charge >= 0.3 is 0 Å². The van der Waals surface area contributed by atoms with Gasteiger partial charge in [0, 0.05) is 52.0 Å². The molecule has 4 rings (SSSR count). The second kappa shape index (κ2) is 9.20. The molecule has 2 aromatic rings. The number of hydrogen-bond donors (Lipinski definition) is 0. The maximum absolute atomic E-state index is 4.89. The van der Waals surface area contributed by atoms with E-state index in [9.17, 15) is 0 Å². The van der Waals surface area contributed by atoms with E-state index in [0.717, 1.165) is 63.5 Å². The lowest BCUT2D eigenvalue weighted by atomic mass is 10.0. The Balaban J connectivity index is 1.30. The average molecular weight is 378 g/mol. The highest BCUT2D eigenvalue weighted by Gasteiger charge is 2.21. The van der Waals surface area contributed by atoms with Crippen molar-refractivity contribution >= 4 is 17.8 Å². The molecule has 0 N–H and O–H groups in total. The highest BCUT2D eigenvalue weighted by molar-refractivity contribution is 5.49. The normalized spacial score (nSPS) is 21.4. The number of piperidine rings is 1. The molecule has 2 fully saturated rings. The SMILES string of the molecule is CC1CCCN(c2ccnc(N3CCN(C/C=C/c4ccccc4)CC3)n2)C1. The zero-order valence-electron chi connectivity index (χ0n) is 16.9. The monoisotopic (exact) mass is 377 g/mol. The van der Waals surface area contributed by atoms with Crippen LogP contribution in [-0.2, 0) is 0 Å². The van der Waals surface area contributed by atoms with Crippen LogP contribution in [-0.4, -0.2) is 60.7 Å². The van der Waals surface area contributed by atoms with Crippen molar-refractivity contribution in [2.45, 2.75) is 19.8 Å². The van der Waals surface area contributed by atoms with Crippen LogP contribution in [0.5, 0.6) is 0 Å². The molecular weight excluding hydrogens is 346 g/mol. The fourth-order valence-electron chi connectivity index (χ4n) is 4.10. The first kappa shape index (κ1) is 18.9. The summed E-state index contributed by atoms with van der Waals surface area (Å²) in [4.78, 5) is 16.7. The zero-order valence-corrected chi connectivity index (χ0v) is 16.9. The van der Waals surface area contributed by atoms with Gasteiger partial charge in [-0.25, -0.2) is 4.98 Å². The van der Waals surface area contributed by atoms with Gasteiger partial charge in [-0.3, -0.25) is 4.90 Å². The predicted molar refractivity (Wildman–Crippen MR) is 117 cm³/mol. The second-order valence-corrected chi connectivity index (χ2v) is 8.01. The largest absolute Gasteiger partial charge is 0.356 e. The van der Waals surface area contributed by atoms with E-state index in [0.29, 0.717) is 0 Å². The van der Waals surface area contributed by atoms with Gasteiger partial charge in [0.15, 0.2) is 0 Å². The lowest BCUT2D eigenvalue weighted by Gasteiger charge is -2.35. The van der Waals surface area contributed by atoms with Gasteiger partial charge in [-0.15, -0.1) is 0 Å². The Morgan fingerprint density at radius 3 is 2.61 bits per heavy atom. The first-order valence-corrected chi connectivity index (χ1v) is 10.5. The summed E-state index contributed by atoms with van der Waals surface area (Å²) in [6.07, 6.45) is 8.98. The second-order valence-electron chi connectivity index (χ2n) is 8.01. The third-order valence-corrected chi connectivity index (χ3v) is 5.74. The molecule has 28 heavy (non-hydrogen) atoms. The third-order valence-electron chi connectivity index (χ3n) is 5.74. The van der Waals surface area contributed by atoms with E-state index < -0.39 is 0 Å². The Hall–Kier alpha value is -2.40. The molecular formula is C23H31N5. The topological polar surface area (TPSA) is 35.5 Å². The lowest BCUT2D eigenvalue weighted by Crippen LogP contribution is -2.47. The van der Waals surface area contributed by atoms with Crippen molar-refractivity contribution in [2.75, 3.05) is 55.6 Å². The van der Waals surface area contributed by atoms with Crippen LogP contribution in [0.4, 0.5) is 11.8 Å². The Kier molecular flexibility index (Phi) is 6.22. The first-order valence-electron chi connectivity index (χ1n) is 10.5. The summed E-state index contributed by atoms with van der Waals surface area (Å²) in [6.45, 7) is 9.62. The van der Waals surface area contributed by atoms with E-state index in [1.54, 1.807) is 0 Å². The van der Waals surface area contributed by atoms with Gasteiger partial charge in [-0.1, -0.05) is 49.4 Å². The molecule has 0 spiro atoms. The summed E-state index contributed by atoms with van der Waals surface area (Å²) in [5.41, 5.74) is 1.26.